The lowest BCUT2D eigenvalue weighted by Crippen LogP contribution is -2.34. The van der Waals surface area contributed by atoms with Crippen molar-refractivity contribution in [2.24, 2.45) is 5.41 Å². The first-order valence-electron chi connectivity index (χ1n) is 7.49. The summed E-state index contributed by atoms with van der Waals surface area (Å²) in [6.07, 6.45) is 0.513. The molecule has 22 heavy (non-hydrogen) atoms. The molecule has 5 heteroatoms. The largest absolute Gasteiger partial charge is 0.396 e. The molecular weight excluding hydrogens is 280 g/mol. The van der Waals surface area contributed by atoms with Gasteiger partial charge in [-0.3, -0.25) is 9.59 Å². The molecule has 5 nitrogen and oxygen atoms in total. The first kappa shape index (κ1) is 18.2. The monoisotopic (exact) mass is 306 g/mol. The number of benzene rings is 1. The van der Waals surface area contributed by atoms with Crippen molar-refractivity contribution in [1.29, 1.82) is 0 Å². The van der Waals surface area contributed by atoms with E-state index >= 15 is 0 Å². The van der Waals surface area contributed by atoms with E-state index in [1.54, 1.807) is 36.2 Å². The Balaban J connectivity index is 2.78. The lowest BCUT2D eigenvalue weighted by atomic mass is 9.96. The Kier molecular flexibility index (Phi) is 6.56. The van der Waals surface area contributed by atoms with Gasteiger partial charge in [0.15, 0.2) is 0 Å². The maximum Gasteiger partial charge on any atom is 0.253 e. The van der Waals surface area contributed by atoms with Gasteiger partial charge in [-0.2, -0.15) is 0 Å². The summed E-state index contributed by atoms with van der Waals surface area (Å²) in [6.45, 7) is 7.30. The van der Waals surface area contributed by atoms with Gasteiger partial charge >= 0.3 is 0 Å². The molecule has 0 aliphatic heterocycles. The van der Waals surface area contributed by atoms with Crippen LogP contribution in [0.1, 0.15) is 47.9 Å². The third-order valence-corrected chi connectivity index (χ3v) is 3.05. The van der Waals surface area contributed by atoms with Crippen LogP contribution in [0.2, 0.25) is 0 Å². The minimum Gasteiger partial charge on any atom is -0.396 e. The molecule has 0 unspecified atom stereocenters. The smallest absolute Gasteiger partial charge is 0.253 e. The maximum absolute atomic E-state index is 12.4. The van der Waals surface area contributed by atoms with Crippen LogP contribution in [-0.2, 0) is 0 Å². The predicted octanol–water partition coefficient (Wildman–Crippen LogP) is 1.92. The predicted molar refractivity (Wildman–Crippen MR) is 86.9 cm³/mol. The van der Waals surface area contributed by atoms with Crippen LogP contribution in [0.5, 0.6) is 0 Å². The van der Waals surface area contributed by atoms with Gasteiger partial charge < -0.3 is 15.3 Å². The van der Waals surface area contributed by atoms with Gasteiger partial charge in [-0.15, -0.1) is 0 Å². The molecule has 0 radical (unpaired) electrons. The van der Waals surface area contributed by atoms with Crippen LogP contribution < -0.4 is 5.32 Å². The normalized spacial score (nSPS) is 11.1. The average molecular weight is 306 g/mol. The van der Waals surface area contributed by atoms with Gasteiger partial charge in [0.25, 0.3) is 11.8 Å². The molecule has 0 bridgehead atoms. The highest BCUT2D eigenvalue weighted by atomic mass is 16.3. The molecule has 1 aromatic carbocycles. The average Bonchev–Trinajstić information content (AvgIpc) is 2.45. The van der Waals surface area contributed by atoms with Crippen LogP contribution in [0.25, 0.3) is 0 Å². The Morgan fingerprint density at radius 1 is 1.23 bits per heavy atom. The molecule has 0 saturated carbocycles. The molecule has 0 aliphatic rings. The van der Waals surface area contributed by atoms with Gasteiger partial charge in [-0.05, 0) is 30.0 Å². The number of hydrogen-bond donors (Lipinski definition) is 2. The number of rotatable bonds is 6. The van der Waals surface area contributed by atoms with Gasteiger partial charge in [0.2, 0.25) is 0 Å². The quantitative estimate of drug-likeness (QED) is 0.789. The van der Waals surface area contributed by atoms with Crippen molar-refractivity contribution in [3.05, 3.63) is 35.4 Å². The zero-order valence-electron chi connectivity index (χ0n) is 13.8. The molecule has 0 fully saturated rings. The molecule has 0 aliphatic carbocycles. The van der Waals surface area contributed by atoms with E-state index in [9.17, 15) is 9.59 Å². The molecule has 0 heterocycles. The SMILES string of the molecule is CN(CC(C)(C)C)C(=O)c1cccc(C(=O)NCCCO)c1. The molecule has 0 saturated heterocycles. The molecule has 0 aromatic heterocycles. The highest BCUT2D eigenvalue weighted by molar-refractivity contribution is 5.99. The van der Waals surface area contributed by atoms with Crippen LogP contribution in [0.3, 0.4) is 0 Å². The van der Waals surface area contributed by atoms with Crippen molar-refractivity contribution >= 4 is 11.8 Å². The number of nitrogens with zero attached hydrogens (tertiary/aromatic N) is 1. The van der Waals surface area contributed by atoms with E-state index in [0.717, 1.165) is 0 Å². The van der Waals surface area contributed by atoms with Crippen molar-refractivity contribution in [2.75, 3.05) is 26.7 Å². The summed E-state index contributed by atoms with van der Waals surface area (Å²) in [5, 5.41) is 11.4. The van der Waals surface area contributed by atoms with Gasteiger partial charge in [0, 0.05) is 37.9 Å². The Hall–Kier alpha value is -1.88. The van der Waals surface area contributed by atoms with Crippen LogP contribution in [-0.4, -0.2) is 48.6 Å². The van der Waals surface area contributed by atoms with Gasteiger partial charge in [0.05, 0.1) is 0 Å². The number of aliphatic hydroxyl groups is 1. The third kappa shape index (κ3) is 5.85. The standard InChI is InChI=1S/C17H26N2O3/c1-17(2,3)12-19(4)16(22)14-8-5-7-13(11-14)15(21)18-9-6-10-20/h5,7-8,11,20H,6,9-10,12H2,1-4H3,(H,18,21). The van der Waals surface area contributed by atoms with Gasteiger partial charge in [0.1, 0.15) is 0 Å². The maximum atomic E-state index is 12.4. The number of carbonyl (C=O) groups is 2. The Labute approximate surface area is 132 Å². The van der Waals surface area contributed by atoms with Crippen LogP contribution in [0.15, 0.2) is 24.3 Å². The number of aliphatic hydroxyl groups excluding tert-OH is 1. The summed E-state index contributed by atoms with van der Waals surface area (Å²) < 4.78 is 0. The molecule has 0 atom stereocenters. The van der Waals surface area contributed by atoms with Crippen molar-refractivity contribution < 1.29 is 14.7 Å². The number of amides is 2. The van der Waals surface area contributed by atoms with E-state index in [2.05, 4.69) is 26.1 Å². The van der Waals surface area contributed by atoms with Crippen molar-refractivity contribution in [2.45, 2.75) is 27.2 Å². The van der Waals surface area contributed by atoms with Crippen LogP contribution in [0, 0.1) is 5.41 Å². The summed E-state index contributed by atoms with van der Waals surface area (Å²) in [5.74, 6) is -0.332. The summed E-state index contributed by atoms with van der Waals surface area (Å²) in [4.78, 5) is 26.1. The van der Waals surface area contributed by atoms with E-state index in [0.29, 0.717) is 30.6 Å². The Morgan fingerprint density at radius 3 is 2.45 bits per heavy atom. The van der Waals surface area contributed by atoms with Crippen molar-refractivity contribution in [3.8, 4) is 0 Å². The molecule has 1 rings (SSSR count). The van der Waals surface area contributed by atoms with E-state index in [1.807, 2.05) is 0 Å². The topological polar surface area (TPSA) is 69.6 Å². The zero-order chi connectivity index (χ0) is 16.8. The third-order valence-electron chi connectivity index (χ3n) is 3.05. The Morgan fingerprint density at radius 2 is 1.86 bits per heavy atom. The van der Waals surface area contributed by atoms with E-state index in [4.69, 9.17) is 5.11 Å². The fourth-order valence-electron chi connectivity index (χ4n) is 2.18. The second kappa shape index (κ2) is 7.94. The minimum atomic E-state index is -0.235. The van der Waals surface area contributed by atoms with Crippen molar-refractivity contribution in [1.82, 2.24) is 10.2 Å². The van der Waals surface area contributed by atoms with E-state index in [-0.39, 0.29) is 23.8 Å². The molecule has 0 spiro atoms. The summed E-state index contributed by atoms with van der Waals surface area (Å²) in [5.41, 5.74) is 0.971. The van der Waals surface area contributed by atoms with Crippen LogP contribution in [0.4, 0.5) is 0 Å². The fourth-order valence-corrected chi connectivity index (χ4v) is 2.18. The molecule has 2 N–H and O–H groups in total. The van der Waals surface area contributed by atoms with Gasteiger partial charge in [-0.1, -0.05) is 26.8 Å². The highest BCUT2D eigenvalue weighted by Gasteiger charge is 2.19. The first-order valence-corrected chi connectivity index (χ1v) is 7.49. The summed E-state index contributed by atoms with van der Waals surface area (Å²) in [6, 6.07) is 6.70. The second-order valence-corrected chi connectivity index (χ2v) is 6.64. The van der Waals surface area contributed by atoms with E-state index < -0.39 is 0 Å². The number of carbonyl (C=O) groups excluding carboxylic acids is 2. The molecular formula is C17H26N2O3. The van der Waals surface area contributed by atoms with Gasteiger partial charge in [-0.25, -0.2) is 0 Å². The summed E-state index contributed by atoms with van der Waals surface area (Å²) >= 11 is 0. The Bertz CT molecular complexity index is 521. The fraction of sp³-hybridized carbons (Fsp3) is 0.529. The first-order chi connectivity index (χ1) is 10.2. The number of nitrogens with one attached hydrogen (secondary N) is 1. The molecule has 1 aromatic rings. The second-order valence-electron chi connectivity index (χ2n) is 6.64. The molecule has 2 amide bonds. The van der Waals surface area contributed by atoms with E-state index in [1.165, 1.54) is 0 Å². The highest BCUT2D eigenvalue weighted by Crippen LogP contribution is 2.16. The number of hydrogen-bond acceptors (Lipinski definition) is 3. The summed E-state index contributed by atoms with van der Waals surface area (Å²) in [7, 11) is 1.77. The lowest BCUT2D eigenvalue weighted by Gasteiger charge is -2.26. The zero-order valence-corrected chi connectivity index (χ0v) is 13.8. The molecule has 122 valence electrons. The van der Waals surface area contributed by atoms with Crippen LogP contribution >= 0.6 is 0 Å². The lowest BCUT2D eigenvalue weighted by molar-refractivity contribution is 0.0745. The minimum absolute atomic E-state index is 0.0175. The van der Waals surface area contributed by atoms with Crippen molar-refractivity contribution in [3.63, 3.8) is 0 Å².